The molecule has 10 heteroatoms. The van der Waals surface area contributed by atoms with E-state index < -0.39 is 5.56 Å². The summed E-state index contributed by atoms with van der Waals surface area (Å²) in [4.78, 5) is 32.6. The predicted molar refractivity (Wildman–Crippen MR) is 118 cm³/mol. The molecule has 3 aromatic heterocycles. The molecule has 0 radical (unpaired) electrons. The van der Waals surface area contributed by atoms with Gasteiger partial charge in [-0.1, -0.05) is 22.9 Å². The second kappa shape index (κ2) is 8.26. The number of benzene rings is 1. The molecular formula is C21H17ClN4O4S. The van der Waals surface area contributed by atoms with Gasteiger partial charge in [-0.25, -0.2) is 9.67 Å². The number of carbonyl (C=O) groups is 1. The van der Waals surface area contributed by atoms with Gasteiger partial charge in [0.25, 0.3) is 5.56 Å². The number of aromatic nitrogens is 3. The fraction of sp³-hybridized carbons (Fsp3) is 0.238. The van der Waals surface area contributed by atoms with Crippen molar-refractivity contribution in [2.75, 3.05) is 31.2 Å². The Morgan fingerprint density at radius 2 is 1.94 bits per heavy atom. The van der Waals surface area contributed by atoms with E-state index in [2.05, 4.69) is 15.0 Å². The lowest BCUT2D eigenvalue weighted by Gasteiger charge is -2.25. The summed E-state index contributed by atoms with van der Waals surface area (Å²) in [5.41, 5.74) is 0.797. The van der Waals surface area contributed by atoms with Crippen LogP contribution in [0.2, 0.25) is 5.02 Å². The Morgan fingerprint density at radius 1 is 1.16 bits per heavy atom. The Balaban J connectivity index is 1.59. The summed E-state index contributed by atoms with van der Waals surface area (Å²) in [6.07, 6.45) is 1.54. The zero-order valence-electron chi connectivity index (χ0n) is 16.3. The van der Waals surface area contributed by atoms with Crippen LogP contribution in [0.25, 0.3) is 21.7 Å². The number of ether oxygens (including phenoxy) is 1. The molecule has 1 aromatic carbocycles. The Bertz CT molecular complexity index is 1290. The molecule has 1 aliphatic rings. The number of carbonyl (C=O) groups excluding carboxylic acids is 1. The van der Waals surface area contributed by atoms with Crippen LogP contribution >= 0.6 is 22.9 Å². The van der Waals surface area contributed by atoms with E-state index in [1.165, 1.54) is 11.3 Å². The van der Waals surface area contributed by atoms with Crippen molar-refractivity contribution in [3.05, 3.63) is 63.6 Å². The second-order valence-electron chi connectivity index (χ2n) is 6.99. The molecule has 0 N–H and O–H groups in total. The minimum absolute atomic E-state index is 0.214. The molecule has 158 valence electrons. The number of furan rings is 1. The van der Waals surface area contributed by atoms with Crippen molar-refractivity contribution >= 4 is 44.1 Å². The number of hydrogen-bond acceptors (Lipinski definition) is 8. The predicted octanol–water partition coefficient (Wildman–Crippen LogP) is 3.49. The molecule has 0 unspecified atom stereocenters. The number of fused-ring (bicyclic) bond motifs is 1. The van der Waals surface area contributed by atoms with Crippen molar-refractivity contribution in [2.24, 2.45) is 0 Å². The first-order valence-corrected chi connectivity index (χ1v) is 10.9. The fourth-order valence-corrected chi connectivity index (χ4v) is 4.61. The highest BCUT2D eigenvalue weighted by Gasteiger charge is 2.23. The monoisotopic (exact) mass is 456 g/mol. The van der Waals surface area contributed by atoms with Gasteiger partial charge in [-0.2, -0.15) is 5.10 Å². The Labute approximate surface area is 185 Å². The maximum atomic E-state index is 13.2. The van der Waals surface area contributed by atoms with Crippen molar-refractivity contribution in [2.45, 2.75) is 6.54 Å². The standard InChI is InChI=1S/C21H17ClN4O4S/c22-14-5-3-13(4-6-14)15(27)12-26-20(28)18-19(17(24-26)16-2-1-9-30-16)31-21(23-18)25-7-10-29-11-8-25/h1-6,9H,7-8,10-12H2. The number of anilines is 1. The smallest absolute Gasteiger partial charge is 0.294 e. The first kappa shape index (κ1) is 19.9. The average Bonchev–Trinajstić information content (AvgIpc) is 3.47. The van der Waals surface area contributed by atoms with Crippen molar-refractivity contribution in [1.82, 2.24) is 14.8 Å². The van der Waals surface area contributed by atoms with Gasteiger partial charge in [0.1, 0.15) is 12.2 Å². The summed E-state index contributed by atoms with van der Waals surface area (Å²) in [6, 6.07) is 10.0. The molecule has 5 rings (SSSR count). The first-order chi connectivity index (χ1) is 15.1. The van der Waals surface area contributed by atoms with Crippen LogP contribution < -0.4 is 10.5 Å². The van der Waals surface area contributed by atoms with Crippen LogP contribution in [0.15, 0.2) is 51.9 Å². The Morgan fingerprint density at radius 3 is 2.65 bits per heavy atom. The number of morpholine rings is 1. The van der Waals surface area contributed by atoms with Crippen LogP contribution in [0, 0.1) is 0 Å². The molecule has 4 heterocycles. The molecular weight excluding hydrogens is 440 g/mol. The van der Waals surface area contributed by atoms with E-state index in [1.807, 2.05) is 0 Å². The van der Waals surface area contributed by atoms with Gasteiger partial charge in [0.05, 0.1) is 24.2 Å². The summed E-state index contributed by atoms with van der Waals surface area (Å²) in [7, 11) is 0. The van der Waals surface area contributed by atoms with E-state index in [1.54, 1.807) is 42.7 Å². The first-order valence-electron chi connectivity index (χ1n) is 9.67. The lowest BCUT2D eigenvalue weighted by atomic mass is 10.1. The summed E-state index contributed by atoms with van der Waals surface area (Å²) >= 11 is 7.30. The summed E-state index contributed by atoms with van der Waals surface area (Å²) in [5.74, 6) is 0.259. The molecule has 0 saturated carbocycles. The third-order valence-electron chi connectivity index (χ3n) is 4.98. The molecule has 0 atom stereocenters. The Hall–Kier alpha value is -3.01. The van der Waals surface area contributed by atoms with Gasteiger partial charge < -0.3 is 14.1 Å². The van der Waals surface area contributed by atoms with Gasteiger partial charge in [-0.05, 0) is 36.4 Å². The van der Waals surface area contributed by atoms with Crippen molar-refractivity contribution in [1.29, 1.82) is 0 Å². The molecule has 1 fully saturated rings. The molecule has 4 aromatic rings. The van der Waals surface area contributed by atoms with E-state index in [9.17, 15) is 9.59 Å². The molecule has 0 amide bonds. The van der Waals surface area contributed by atoms with Crippen LogP contribution in [-0.4, -0.2) is 46.9 Å². The molecule has 1 saturated heterocycles. The molecule has 31 heavy (non-hydrogen) atoms. The number of halogens is 1. The van der Waals surface area contributed by atoms with Gasteiger partial charge in [-0.3, -0.25) is 9.59 Å². The van der Waals surface area contributed by atoms with Gasteiger partial charge in [0, 0.05) is 23.7 Å². The summed E-state index contributed by atoms with van der Waals surface area (Å²) in [5, 5.41) is 5.74. The van der Waals surface area contributed by atoms with Crippen LogP contribution in [0.3, 0.4) is 0 Å². The van der Waals surface area contributed by atoms with Crippen molar-refractivity contribution in [3.8, 4) is 11.5 Å². The lowest BCUT2D eigenvalue weighted by molar-refractivity contribution is 0.0966. The van der Waals surface area contributed by atoms with Gasteiger partial charge in [0.15, 0.2) is 22.2 Å². The number of Topliss-reactive ketones (excluding diaryl/α,β-unsaturated/α-hetero) is 1. The maximum Gasteiger partial charge on any atom is 0.294 e. The number of hydrogen-bond donors (Lipinski definition) is 0. The molecule has 0 spiro atoms. The Kier molecular flexibility index (Phi) is 5.31. The largest absolute Gasteiger partial charge is 0.463 e. The maximum absolute atomic E-state index is 13.2. The minimum Gasteiger partial charge on any atom is -0.463 e. The van der Waals surface area contributed by atoms with E-state index >= 15 is 0 Å². The van der Waals surface area contributed by atoms with E-state index in [0.29, 0.717) is 53.0 Å². The van der Waals surface area contributed by atoms with Gasteiger partial charge >= 0.3 is 0 Å². The molecule has 8 nitrogen and oxygen atoms in total. The van der Waals surface area contributed by atoms with Crippen molar-refractivity contribution < 1.29 is 13.9 Å². The zero-order chi connectivity index (χ0) is 21.4. The van der Waals surface area contributed by atoms with Crippen molar-refractivity contribution in [3.63, 3.8) is 0 Å². The van der Waals surface area contributed by atoms with Crippen LogP contribution in [0.4, 0.5) is 5.13 Å². The van der Waals surface area contributed by atoms with Crippen LogP contribution in [-0.2, 0) is 11.3 Å². The third kappa shape index (κ3) is 3.87. The van der Waals surface area contributed by atoms with E-state index in [-0.39, 0.29) is 17.8 Å². The van der Waals surface area contributed by atoms with Crippen LogP contribution in [0.5, 0.6) is 0 Å². The molecule has 0 aliphatic carbocycles. The minimum atomic E-state index is -0.414. The van der Waals surface area contributed by atoms with Crippen LogP contribution in [0.1, 0.15) is 10.4 Å². The zero-order valence-corrected chi connectivity index (χ0v) is 17.9. The number of nitrogens with zero attached hydrogens (tertiary/aromatic N) is 4. The topological polar surface area (TPSA) is 90.5 Å². The molecule has 1 aliphatic heterocycles. The number of thiazole rings is 1. The summed E-state index contributed by atoms with van der Waals surface area (Å²) < 4.78 is 12.7. The quantitative estimate of drug-likeness (QED) is 0.424. The highest BCUT2D eigenvalue weighted by Crippen LogP contribution is 2.34. The summed E-state index contributed by atoms with van der Waals surface area (Å²) in [6.45, 7) is 2.41. The number of rotatable bonds is 5. The van der Waals surface area contributed by atoms with Gasteiger partial charge in [0.2, 0.25) is 0 Å². The normalized spacial score (nSPS) is 14.3. The van der Waals surface area contributed by atoms with Gasteiger partial charge in [-0.15, -0.1) is 0 Å². The molecule has 0 bridgehead atoms. The highest BCUT2D eigenvalue weighted by atomic mass is 35.5. The lowest BCUT2D eigenvalue weighted by Crippen LogP contribution is -2.36. The van der Waals surface area contributed by atoms with E-state index in [4.69, 9.17) is 20.8 Å². The second-order valence-corrected chi connectivity index (χ2v) is 8.41. The van der Waals surface area contributed by atoms with E-state index in [0.717, 1.165) is 9.81 Å². The third-order valence-corrected chi connectivity index (χ3v) is 6.36. The number of ketones is 1. The SMILES string of the molecule is O=C(Cn1nc(-c2ccco2)c2sc(N3CCOCC3)nc2c1=O)c1ccc(Cl)cc1. The highest BCUT2D eigenvalue weighted by molar-refractivity contribution is 7.22. The average molecular weight is 457 g/mol. The fourth-order valence-electron chi connectivity index (χ4n) is 3.38.